The Morgan fingerprint density at radius 1 is 1.38 bits per heavy atom. The zero-order valence-electron chi connectivity index (χ0n) is 16.3. The van der Waals surface area contributed by atoms with Gasteiger partial charge in [0.15, 0.2) is 5.13 Å². The van der Waals surface area contributed by atoms with Crippen LogP contribution in [0.5, 0.6) is 0 Å². The molecule has 3 aromatic rings. The van der Waals surface area contributed by atoms with Crippen LogP contribution in [-0.2, 0) is 6.54 Å². The summed E-state index contributed by atoms with van der Waals surface area (Å²) in [4.78, 5) is 30.1. The lowest BCUT2D eigenvalue weighted by Gasteiger charge is -2.22. The molecule has 9 heteroatoms. The zero-order valence-corrected chi connectivity index (χ0v) is 18.7. The summed E-state index contributed by atoms with van der Waals surface area (Å²) in [5.74, 6) is -0.337. The van der Waals surface area contributed by atoms with Crippen molar-refractivity contribution in [3.63, 3.8) is 0 Å². The van der Waals surface area contributed by atoms with Crippen molar-refractivity contribution in [1.82, 2.24) is 19.9 Å². The fourth-order valence-corrected chi connectivity index (χ4v) is 5.68. The van der Waals surface area contributed by atoms with Crippen LogP contribution in [0.4, 0.5) is 5.13 Å². The van der Waals surface area contributed by atoms with Gasteiger partial charge in [-0.25, -0.2) is 15.0 Å². The summed E-state index contributed by atoms with van der Waals surface area (Å²) in [5, 5.41) is 5.84. The predicted molar refractivity (Wildman–Crippen MR) is 119 cm³/mol. The highest BCUT2D eigenvalue weighted by atomic mass is 35.5. The quantitative estimate of drug-likeness (QED) is 0.558. The number of rotatable bonds is 6. The van der Waals surface area contributed by atoms with E-state index < -0.39 is 0 Å². The summed E-state index contributed by atoms with van der Waals surface area (Å²) in [6.45, 7) is 6.31. The van der Waals surface area contributed by atoms with Gasteiger partial charge in [-0.05, 0) is 49.7 Å². The predicted octanol–water partition coefficient (Wildman–Crippen LogP) is 5.25. The molecule has 0 radical (unpaired) electrons. The maximum absolute atomic E-state index is 12.5. The highest BCUT2D eigenvalue weighted by Crippen LogP contribution is 2.37. The normalized spacial score (nSPS) is 17.0. The molecule has 1 saturated heterocycles. The number of aromatic nitrogens is 3. The molecule has 152 valence electrons. The molecule has 0 aromatic carbocycles. The number of likely N-dealkylation sites (tertiary alicyclic amines) is 1. The van der Waals surface area contributed by atoms with Crippen LogP contribution in [0, 0.1) is 6.92 Å². The minimum Gasteiger partial charge on any atom is -0.296 e. The van der Waals surface area contributed by atoms with E-state index in [0.717, 1.165) is 30.1 Å². The summed E-state index contributed by atoms with van der Waals surface area (Å²) in [6.07, 6.45) is 6.38. The van der Waals surface area contributed by atoms with E-state index in [1.165, 1.54) is 47.0 Å². The van der Waals surface area contributed by atoms with Gasteiger partial charge in [0.1, 0.15) is 10.8 Å². The molecule has 1 aliphatic heterocycles. The zero-order chi connectivity index (χ0) is 20.4. The molecule has 0 aliphatic carbocycles. The van der Waals surface area contributed by atoms with Gasteiger partial charge in [-0.1, -0.05) is 29.9 Å². The van der Waals surface area contributed by atoms with Gasteiger partial charge >= 0.3 is 0 Å². The molecule has 1 N–H and O–H groups in total. The van der Waals surface area contributed by atoms with Crippen molar-refractivity contribution in [1.29, 1.82) is 0 Å². The molecule has 29 heavy (non-hydrogen) atoms. The summed E-state index contributed by atoms with van der Waals surface area (Å²) in [7, 11) is 0. The molecule has 1 fully saturated rings. The third kappa shape index (κ3) is 4.66. The van der Waals surface area contributed by atoms with Crippen LogP contribution in [0.25, 0.3) is 10.6 Å². The number of aryl methyl sites for hydroxylation is 1. The SMILES string of the molecule is CC[C@@H]1CCCN1Cc1sc(NC(=O)c2cnc(Cl)cn2)nc1-c1cc(C)cs1. The molecule has 1 aliphatic rings. The molecule has 4 rings (SSSR count). The number of nitrogens with zero attached hydrogens (tertiary/aromatic N) is 4. The van der Waals surface area contributed by atoms with Crippen molar-refractivity contribution in [2.45, 2.75) is 45.7 Å². The van der Waals surface area contributed by atoms with E-state index in [1.54, 1.807) is 11.3 Å². The molecule has 4 heterocycles. The fraction of sp³-hybridized carbons (Fsp3) is 0.400. The van der Waals surface area contributed by atoms with Crippen LogP contribution in [0.3, 0.4) is 0 Å². The van der Waals surface area contributed by atoms with Crippen LogP contribution in [-0.4, -0.2) is 38.3 Å². The minimum absolute atomic E-state index is 0.213. The van der Waals surface area contributed by atoms with Crippen LogP contribution in [0.1, 0.15) is 47.1 Å². The van der Waals surface area contributed by atoms with E-state index in [2.05, 4.69) is 45.5 Å². The molecule has 0 unspecified atom stereocenters. The summed E-state index contributed by atoms with van der Waals surface area (Å²) >= 11 is 8.98. The number of carbonyl (C=O) groups is 1. The lowest BCUT2D eigenvalue weighted by molar-refractivity contribution is 0.102. The van der Waals surface area contributed by atoms with Gasteiger partial charge in [0.05, 0.1) is 23.0 Å². The van der Waals surface area contributed by atoms with E-state index >= 15 is 0 Å². The summed E-state index contributed by atoms with van der Waals surface area (Å²) < 4.78 is 0. The van der Waals surface area contributed by atoms with Gasteiger partial charge in [0.2, 0.25) is 0 Å². The number of thiazole rings is 1. The van der Waals surface area contributed by atoms with Crippen molar-refractivity contribution < 1.29 is 4.79 Å². The Morgan fingerprint density at radius 3 is 2.93 bits per heavy atom. The van der Waals surface area contributed by atoms with Crippen molar-refractivity contribution in [3.8, 4) is 10.6 Å². The summed E-state index contributed by atoms with van der Waals surface area (Å²) in [5.41, 5.74) is 2.40. The summed E-state index contributed by atoms with van der Waals surface area (Å²) in [6, 6.07) is 2.78. The van der Waals surface area contributed by atoms with Crippen molar-refractivity contribution in [2.75, 3.05) is 11.9 Å². The number of nitrogens with one attached hydrogen (secondary N) is 1. The number of amides is 1. The van der Waals surface area contributed by atoms with E-state index in [0.29, 0.717) is 11.2 Å². The van der Waals surface area contributed by atoms with Gasteiger partial charge in [-0.2, -0.15) is 0 Å². The second-order valence-corrected chi connectivity index (χ2v) is 9.51. The Bertz CT molecular complexity index is 1000. The molecular weight excluding hydrogens is 426 g/mol. The van der Waals surface area contributed by atoms with Crippen LogP contribution in [0.15, 0.2) is 23.8 Å². The monoisotopic (exact) mass is 447 g/mol. The molecule has 0 spiro atoms. The number of hydrogen-bond acceptors (Lipinski definition) is 7. The number of carbonyl (C=O) groups excluding carboxylic acids is 1. The molecule has 0 bridgehead atoms. The average molecular weight is 448 g/mol. The standard InChI is InChI=1S/C20H22ClN5OS2/c1-3-13-5-4-6-26(13)10-16-18(15-7-12(2)11-28-15)24-20(29-16)25-19(27)14-8-23-17(21)9-22-14/h7-9,11,13H,3-6,10H2,1-2H3,(H,24,25,27)/t13-/m1/s1. The first-order valence-corrected chi connectivity index (χ1v) is 11.7. The van der Waals surface area contributed by atoms with E-state index in [1.807, 2.05) is 0 Å². The maximum Gasteiger partial charge on any atom is 0.277 e. The molecule has 0 saturated carbocycles. The highest BCUT2D eigenvalue weighted by Gasteiger charge is 2.26. The minimum atomic E-state index is -0.337. The Balaban J connectivity index is 1.60. The molecule has 3 aromatic heterocycles. The third-order valence-corrected chi connectivity index (χ3v) is 7.26. The lowest BCUT2D eigenvalue weighted by Crippen LogP contribution is -2.27. The Labute approximate surface area is 183 Å². The Kier molecular flexibility index (Phi) is 6.24. The number of thiophene rings is 1. The lowest BCUT2D eigenvalue weighted by atomic mass is 10.1. The average Bonchev–Trinajstić information content (AvgIpc) is 3.42. The topological polar surface area (TPSA) is 71.0 Å². The molecule has 1 atom stereocenters. The van der Waals surface area contributed by atoms with Gasteiger partial charge < -0.3 is 0 Å². The van der Waals surface area contributed by atoms with E-state index in [4.69, 9.17) is 16.6 Å². The van der Waals surface area contributed by atoms with Gasteiger partial charge in [-0.3, -0.25) is 15.0 Å². The second-order valence-electron chi connectivity index (χ2n) is 7.13. The van der Waals surface area contributed by atoms with E-state index in [9.17, 15) is 4.79 Å². The third-order valence-electron chi connectivity index (χ3n) is 5.05. The van der Waals surface area contributed by atoms with Crippen molar-refractivity contribution in [3.05, 3.63) is 45.1 Å². The first-order chi connectivity index (χ1) is 14.0. The second kappa shape index (κ2) is 8.87. The van der Waals surface area contributed by atoms with Crippen LogP contribution >= 0.6 is 34.3 Å². The fourth-order valence-electron chi connectivity index (χ4n) is 3.60. The first-order valence-electron chi connectivity index (χ1n) is 9.61. The largest absolute Gasteiger partial charge is 0.296 e. The Hall–Kier alpha value is -1.87. The van der Waals surface area contributed by atoms with E-state index in [-0.39, 0.29) is 16.8 Å². The molecular formula is C20H22ClN5OS2. The Morgan fingerprint density at radius 2 is 2.24 bits per heavy atom. The molecule has 1 amide bonds. The van der Waals surface area contributed by atoms with Gasteiger partial charge in [0, 0.05) is 17.5 Å². The van der Waals surface area contributed by atoms with Crippen LogP contribution in [0.2, 0.25) is 5.15 Å². The number of halogens is 1. The van der Waals surface area contributed by atoms with Crippen molar-refractivity contribution >= 4 is 45.3 Å². The van der Waals surface area contributed by atoms with Crippen molar-refractivity contribution in [2.24, 2.45) is 0 Å². The first kappa shape index (κ1) is 20.4. The van der Waals surface area contributed by atoms with Gasteiger partial charge in [0.25, 0.3) is 5.91 Å². The molecule has 6 nitrogen and oxygen atoms in total. The maximum atomic E-state index is 12.5. The number of anilines is 1. The van der Waals surface area contributed by atoms with Crippen LogP contribution < -0.4 is 5.32 Å². The number of hydrogen-bond donors (Lipinski definition) is 1. The van der Waals surface area contributed by atoms with Gasteiger partial charge in [-0.15, -0.1) is 11.3 Å². The highest BCUT2D eigenvalue weighted by molar-refractivity contribution is 7.17. The smallest absolute Gasteiger partial charge is 0.277 e.